The number of benzene rings is 3. The molecule has 0 radical (unpaired) electrons. The van der Waals surface area contributed by atoms with E-state index in [-0.39, 0.29) is 17.8 Å². The second kappa shape index (κ2) is 10.0. The van der Waals surface area contributed by atoms with Crippen LogP contribution in [-0.2, 0) is 13.1 Å². The monoisotopic (exact) mass is 552 g/mol. The van der Waals surface area contributed by atoms with Crippen LogP contribution in [0, 0.1) is 0 Å². The zero-order chi connectivity index (χ0) is 24.5. The SMILES string of the molecule is CN1CCN(c2cc(Br)cc3c2c(=O)n(Cc2ccccc2Cl)c(=O)n3Cc2ccccc2)CC1. The van der Waals surface area contributed by atoms with Gasteiger partial charge in [-0.1, -0.05) is 76.1 Å². The molecule has 2 heterocycles. The van der Waals surface area contributed by atoms with E-state index in [4.69, 9.17) is 11.6 Å². The summed E-state index contributed by atoms with van der Waals surface area (Å²) in [5, 5.41) is 1.09. The highest BCUT2D eigenvalue weighted by atomic mass is 79.9. The first-order valence-corrected chi connectivity index (χ1v) is 12.8. The third kappa shape index (κ3) is 4.81. The van der Waals surface area contributed by atoms with Gasteiger partial charge in [-0.05, 0) is 36.4 Å². The normalized spacial score (nSPS) is 14.5. The van der Waals surface area contributed by atoms with Crippen molar-refractivity contribution in [2.75, 3.05) is 38.1 Å². The van der Waals surface area contributed by atoms with E-state index in [1.54, 1.807) is 10.6 Å². The summed E-state index contributed by atoms with van der Waals surface area (Å²) >= 11 is 10.0. The molecule has 8 heteroatoms. The van der Waals surface area contributed by atoms with E-state index in [1.165, 1.54) is 4.57 Å². The smallest absolute Gasteiger partial charge is 0.332 e. The minimum atomic E-state index is -0.353. The summed E-state index contributed by atoms with van der Waals surface area (Å²) in [7, 11) is 2.10. The lowest BCUT2D eigenvalue weighted by Gasteiger charge is -2.34. The van der Waals surface area contributed by atoms with Gasteiger partial charge in [0.05, 0.1) is 29.7 Å². The predicted octanol–water partition coefficient (Wildman–Crippen LogP) is 4.43. The van der Waals surface area contributed by atoms with Gasteiger partial charge in [-0.2, -0.15) is 0 Å². The number of rotatable bonds is 5. The molecule has 1 aromatic heterocycles. The number of hydrogen-bond acceptors (Lipinski definition) is 4. The minimum absolute atomic E-state index is 0.111. The number of halogens is 2. The van der Waals surface area contributed by atoms with Gasteiger partial charge in [0.1, 0.15) is 0 Å². The fraction of sp³-hybridized carbons (Fsp3) is 0.259. The topological polar surface area (TPSA) is 50.5 Å². The van der Waals surface area contributed by atoms with Crippen molar-refractivity contribution in [2.45, 2.75) is 13.1 Å². The molecule has 0 bridgehead atoms. The third-order valence-electron chi connectivity index (χ3n) is 6.59. The number of piperazine rings is 1. The van der Waals surface area contributed by atoms with E-state index >= 15 is 0 Å². The van der Waals surface area contributed by atoms with E-state index in [0.29, 0.717) is 22.5 Å². The fourth-order valence-electron chi connectivity index (χ4n) is 4.63. The Kier molecular flexibility index (Phi) is 6.82. The molecule has 0 aliphatic carbocycles. The maximum absolute atomic E-state index is 14.0. The summed E-state index contributed by atoms with van der Waals surface area (Å²) < 4.78 is 3.86. The summed E-state index contributed by atoms with van der Waals surface area (Å²) in [6, 6.07) is 21.0. The zero-order valence-corrected chi connectivity index (χ0v) is 21.8. The van der Waals surface area contributed by atoms with Crippen LogP contribution in [0.2, 0.25) is 5.02 Å². The highest BCUT2D eigenvalue weighted by molar-refractivity contribution is 9.10. The number of fused-ring (bicyclic) bond motifs is 1. The van der Waals surface area contributed by atoms with Gasteiger partial charge < -0.3 is 9.80 Å². The van der Waals surface area contributed by atoms with Crippen molar-refractivity contribution in [1.29, 1.82) is 0 Å². The Bertz CT molecular complexity index is 1490. The molecule has 0 amide bonds. The summed E-state index contributed by atoms with van der Waals surface area (Å²) in [5.41, 5.74) is 2.55. The molecule has 0 atom stereocenters. The Hall–Kier alpha value is -2.87. The molecule has 1 aliphatic heterocycles. The Labute approximate surface area is 217 Å². The van der Waals surface area contributed by atoms with Crippen molar-refractivity contribution in [1.82, 2.24) is 14.0 Å². The highest BCUT2D eigenvalue weighted by Crippen LogP contribution is 2.30. The first-order chi connectivity index (χ1) is 16.9. The molecule has 1 fully saturated rings. The van der Waals surface area contributed by atoms with E-state index < -0.39 is 0 Å². The fourth-order valence-corrected chi connectivity index (χ4v) is 5.26. The maximum atomic E-state index is 14.0. The number of likely N-dealkylation sites (N-methyl/N-ethyl adjacent to an activating group) is 1. The number of aromatic nitrogens is 2. The van der Waals surface area contributed by atoms with Crippen molar-refractivity contribution in [3.05, 3.63) is 108 Å². The van der Waals surface area contributed by atoms with Crippen molar-refractivity contribution in [3.8, 4) is 0 Å². The molecule has 6 nitrogen and oxygen atoms in total. The minimum Gasteiger partial charge on any atom is -0.368 e. The van der Waals surface area contributed by atoms with Crippen LogP contribution < -0.4 is 16.1 Å². The van der Waals surface area contributed by atoms with Gasteiger partial charge >= 0.3 is 5.69 Å². The Morgan fingerprint density at radius 3 is 2.26 bits per heavy atom. The van der Waals surface area contributed by atoms with Crippen LogP contribution in [0.3, 0.4) is 0 Å². The standard InChI is InChI=1S/C27H26BrClN4O2/c1-30-11-13-31(14-12-30)23-15-21(28)16-24-25(23)26(34)33(18-20-9-5-6-10-22(20)29)27(35)32(24)17-19-7-3-2-4-8-19/h2-10,15-16H,11-14,17-18H2,1H3. The molecule has 5 rings (SSSR count). The van der Waals surface area contributed by atoms with E-state index in [9.17, 15) is 9.59 Å². The molecule has 1 saturated heterocycles. The average molecular weight is 554 g/mol. The summed E-state index contributed by atoms with van der Waals surface area (Å²) in [6.07, 6.45) is 0. The lowest BCUT2D eigenvalue weighted by atomic mass is 10.1. The quantitative estimate of drug-likeness (QED) is 0.367. The Morgan fingerprint density at radius 1 is 0.857 bits per heavy atom. The molecule has 0 saturated carbocycles. The molecular formula is C27H26BrClN4O2. The van der Waals surface area contributed by atoms with Gasteiger partial charge in [0.25, 0.3) is 5.56 Å². The second-order valence-electron chi connectivity index (χ2n) is 8.95. The Morgan fingerprint density at radius 2 is 1.54 bits per heavy atom. The maximum Gasteiger partial charge on any atom is 0.332 e. The number of hydrogen-bond donors (Lipinski definition) is 0. The van der Waals surface area contributed by atoms with Crippen molar-refractivity contribution in [2.24, 2.45) is 0 Å². The molecule has 180 valence electrons. The van der Waals surface area contributed by atoms with Gasteiger partial charge in [0, 0.05) is 35.7 Å². The van der Waals surface area contributed by atoms with Gasteiger partial charge in [-0.15, -0.1) is 0 Å². The summed E-state index contributed by atoms with van der Waals surface area (Å²) in [5.74, 6) is 0. The van der Waals surface area contributed by atoms with Crippen LogP contribution in [0.4, 0.5) is 5.69 Å². The van der Waals surface area contributed by atoms with Crippen LogP contribution in [0.15, 0.2) is 80.8 Å². The van der Waals surface area contributed by atoms with Crippen LogP contribution in [0.25, 0.3) is 10.9 Å². The molecule has 3 aromatic carbocycles. The average Bonchev–Trinajstić information content (AvgIpc) is 2.86. The molecule has 4 aromatic rings. The zero-order valence-electron chi connectivity index (χ0n) is 19.5. The molecule has 0 spiro atoms. The summed E-state index contributed by atoms with van der Waals surface area (Å²) in [4.78, 5) is 32.3. The van der Waals surface area contributed by atoms with Gasteiger partial charge in [-0.25, -0.2) is 4.79 Å². The van der Waals surface area contributed by atoms with Crippen LogP contribution in [-0.4, -0.2) is 47.3 Å². The van der Waals surface area contributed by atoms with Crippen molar-refractivity contribution in [3.63, 3.8) is 0 Å². The largest absolute Gasteiger partial charge is 0.368 e. The Balaban J connectivity index is 1.77. The lowest BCUT2D eigenvalue weighted by molar-refractivity contribution is 0.313. The summed E-state index contributed by atoms with van der Waals surface area (Å²) in [6.45, 7) is 3.91. The molecule has 0 unspecified atom stereocenters. The first kappa shape index (κ1) is 23.9. The molecule has 35 heavy (non-hydrogen) atoms. The number of nitrogens with zero attached hydrogens (tertiary/aromatic N) is 4. The van der Waals surface area contributed by atoms with E-state index in [2.05, 4.69) is 32.8 Å². The van der Waals surface area contributed by atoms with Crippen LogP contribution in [0.1, 0.15) is 11.1 Å². The van der Waals surface area contributed by atoms with Crippen molar-refractivity contribution < 1.29 is 0 Å². The lowest BCUT2D eigenvalue weighted by Crippen LogP contribution is -2.46. The molecule has 1 aliphatic rings. The first-order valence-electron chi connectivity index (χ1n) is 11.6. The van der Waals surface area contributed by atoms with Crippen molar-refractivity contribution >= 4 is 44.1 Å². The molecular weight excluding hydrogens is 528 g/mol. The molecule has 0 N–H and O–H groups in total. The predicted molar refractivity (Wildman–Crippen MR) is 146 cm³/mol. The second-order valence-corrected chi connectivity index (χ2v) is 10.3. The third-order valence-corrected chi connectivity index (χ3v) is 7.41. The van der Waals surface area contributed by atoms with Gasteiger partial charge in [0.15, 0.2) is 0 Å². The van der Waals surface area contributed by atoms with Crippen LogP contribution in [0.5, 0.6) is 0 Å². The van der Waals surface area contributed by atoms with E-state index in [0.717, 1.165) is 47.5 Å². The van der Waals surface area contributed by atoms with Crippen LogP contribution >= 0.6 is 27.5 Å². The van der Waals surface area contributed by atoms with Gasteiger partial charge in [0.2, 0.25) is 0 Å². The van der Waals surface area contributed by atoms with Gasteiger partial charge in [-0.3, -0.25) is 13.9 Å². The van der Waals surface area contributed by atoms with E-state index in [1.807, 2.05) is 60.7 Å². The highest BCUT2D eigenvalue weighted by Gasteiger charge is 2.23. The number of anilines is 1.